The highest BCUT2D eigenvalue weighted by molar-refractivity contribution is 5.90. The van der Waals surface area contributed by atoms with Crippen LogP contribution in [0, 0.1) is 18.7 Å². The fourth-order valence-electron chi connectivity index (χ4n) is 3.37. The molecular formula is C18H23FN4O2. The Balaban J connectivity index is 1.80. The Morgan fingerprint density at radius 1 is 1.44 bits per heavy atom. The molecule has 2 N–H and O–H groups in total. The van der Waals surface area contributed by atoms with Crippen LogP contribution in [0.15, 0.2) is 30.5 Å². The van der Waals surface area contributed by atoms with Gasteiger partial charge in [0.2, 0.25) is 0 Å². The van der Waals surface area contributed by atoms with Crippen LogP contribution in [0.4, 0.5) is 14.9 Å². The van der Waals surface area contributed by atoms with Gasteiger partial charge in [0.15, 0.2) is 0 Å². The molecule has 134 valence electrons. The molecule has 1 aliphatic heterocycles. The van der Waals surface area contributed by atoms with Gasteiger partial charge < -0.3 is 15.3 Å². The van der Waals surface area contributed by atoms with E-state index in [1.165, 1.54) is 16.9 Å². The number of carbonyl (C=O) groups is 1. The molecule has 2 atom stereocenters. The molecule has 1 saturated heterocycles. The van der Waals surface area contributed by atoms with E-state index < -0.39 is 0 Å². The maximum absolute atomic E-state index is 14.0. The standard InChI is InChI=1S/C18H23FN4O2/c1-12-6-5-9-22(17(12)11-24)18(25)21-15-10-20-23(13(15)2)16-8-4-3-7-14(16)19/h3-4,7-8,10,12,17,24H,5-6,9,11H2,1-2H3,(H,21,25). The lowest BCUT2D eigenvalue weighted by molar-refractivity contribution is 0.0811. The summed E-state index contributed by atoms with van der Waals surface area (Å²) < 4.78 is 15.4. The Labute approximate surface area is 146 Å². The second-order valence-corrected chi connectivity index (χ2v) is 6.50. The third kappa shape index (κ3) is 3.37. The summed E-state index contributed by atoms with van der Waals surface area (Å²) in [7, 11) is 0. The summed E-state index contributed by atoms with van der Waals surface area (Å²) in [5.74, 6) is -0.122. The zero-order valence-electron chi connectivity index (χ0n) is 14.4. The van der Waals surface area contributed by atoms with Crippen molar-refractivity contribution in [3.05, 3.63) is 42.0 Å². The number of aliphatic hydroxyl groups is 1. The van der Waals surface area contributed by atoms with E-state index in [1.54, 1.807) is 30.0 Å². The van der Waals surface area contributed by atoms with E-state index in [4.69, 9.17) is 0 Å². The number of hydrogen-bond acceptors (Lipinski definition) is 3. The summed E-state index contributed by atoms with van der Waals surface area (Å²) in [6, 6.07) is 5.91. The minimum atomic E-state index is -0.378. The number of piperidine rings is 1. The molecule has 2 heterocycles. The number of carbonyl (C=O) groups excluding carboxylic acids is 1. The van der Waals surface area contributed by atoms with Crippen molar-refractivity contribution in [2.24, 2.45) is 5.92 Å². The Morgan fingerprint density at radius 3 is 2.92 bits per heavy atom. The molecular weight excluding hydrogens is 323 g/mol. The average molecular weight is 346 g/mol. The smallest absolute Gasteiger partial charge is 0.322 e. The number of urea groups is 1. The number of nitrogens with zero attached hydrogens (tertiary/aromatic N) is 3. The summed E-state index contributed by atoms with van der Waals surface area (Å²) >= 11 is 0. The van der Waals surface area contributed by atoms with Gasteiger partial charge >= 0.3 is 6.03 Å². The van der Waals surface area contributed by atoms with Crippen LogP contribution in [0.1, 0.15) is 25.5 Å². The van der Waals surface area contributed by atoms with Crippen LogP contribution in [0.2, 0.25) is 0 Å². The van der Waals surface area contributed by atoms with Crippen LogP contribution in [-0.4, -0.2) is 45.0 Å². The molecule has 2 amide bonds. The number of benzene rings is 1. The molecule has 2 unspecified atom stereocenters. The number of rotatable bonds is 3. The number of likely N-dealkylation sites (tertiary alicyclic amines) is 1. The van der Waals surface area contributed by atoms with Crippen molar-refractivity contribution in [2.75, 3.05) is 18.5 Å². The van der Waals surface area contributed by atoms with Crippen LogP contribution in [0.5, 0.6) is 0 Å². The SMILES string of the molecule is Cc1c(NC(=O)N2CCCC(C)C2CO)cnn1-c1ccccc1F. The minimum absolute atomic E-state index is 0.0535. The first-order chi connectivity index (χ1) is 12.0. The van der Waals surface area contributed by atoms with Gasteiger partial charge in [-0.25, -0.2) is 13.9 Å². The van der Waals surface area contributed by atoms with Crippen LogP contribution >= 0.6 is 0 Å². The molecule has 1 fully saturated rings. The first kappa shape index (κ1) is 17.4. The molecule has 0 saturated carbocycles. The molecule has 0 aliphatic carbocycles. The quantitative estimate of drug-likeness (QED) is 0.898. The maximum atomic E-state index is 14.0. The summed E-state index contributed by atoms with van der Waals surface area (Å²) in [6.45, 7) is 4.38. The zero-order chi connectivity index (χ0) is 18.0. The number of para-hydroxylation sites is 1. The highest BCUT2D eigenvalue weighted by Crippen LogP contribution is 2.25. The minimum Gasteiger partial charge on any atom is -0.394 e. The second-order valence-electron chi connectivity index (χ2n) is 6.50. The summed E-state index contributed by atoms with van der Waals surface area (Å²) in [4.78, 5) is 14.3. The topological polar surface area (TPSA) is 70.4 Å². The fraction of sp³-hybridized carbons (Fsp3) is 0.444. The van der Waals surface area contributed by atoms with E-state index in [1.807, 2.05) is 6.92 Å². The predicted molar refractivity (Wildman–Crippen MR) is 93.3 cm³/mol. The summed E-state index contributed by atoms with van der Waals surface area (Å²) in [6.07, 6.45) is 3.43. The van der Waals surface area contributed by atoms with Crippen molar-refractivity contribution in [2.45, 2.75) is 32.7 Å². The number of aromatic nitrogens is 2. The van der Waals surface area contributed by atoms with E-state index in [0.29, 0.717) is 23.6 Å². The number of hydrogen-bond donors (Lipinski definition) is 2. The molecule has 7 heteroatoms. The lowest BCUT2D eigenvalue weighted by atomic mass is 9.91. The molecule has 6 nitrogen and oxygen atoms in total. The van der Waals surface area contributed by atoms with E-state index in [9.17, 15) is 14.3 Å². The molecule has 1 aromatic heterocycles. The van der Waals surface area contributed by atoms with Gasteiger partial charge in [-0.15, -0.1) is 0 Å². The van der Waals surface area contributed by atoms with Crippen molar-refractivity contribution in [3.8, 4) is 5.69 Å². The van der Waals surface area contributed by atoms with Crippen molar-refractivity contribution < 1.29 is 14.3 Å². The van der Waals surface area contributed by atoms with Crippen molar-refractivity contribution in [1.82, 2.24) is 14.7 Å². The first-order valence-electron chi connectivity index (χ1n) is 8.51. The van der Waals surface area contributed by atoms with E-state index in [-0.39, 0.29) is 30.4 Å². The van der Waals surface area contributed by atoms with Gasteiger partial charge in [-0.3, -0.25) is 0 Å². The monoisotopic (exact) mass is 346 g/mol. The number of nitrogens with one attached hydrogen (secondary N) is 1. The molecule has 0 spiro atoms. The number of anilines is 1. The van der Waals surface area contributed by atoms with Gasteiger partial charge in [0, 0.05) is 6.54 Å². The number of amides is 2. The summed E-state index contributed by atoms with van der Waals surface area (Å²) in [5.41, 5.74) is 1.51. The first-order valence-corrected chi connectivity index (χ1v) is 8.51. The molecule has 0 radical (unpaired) electrons. The Morgan fingerprint density at radius 2 is 2.20 bits per heavy atom. The van der Waals surface area contributed by atoms with Crippen LogP contribution < -0.4 is 5.32 Å². The largest absolute Gasteiger partial charge is 0.394 e. The lowest BCUT2D eigenvalue weighted by Gasteiger charge is -2.38. The molecule has 1 aliphatic rings. The highest BCUT2D eigenvalue weighted by atomic mass is 19.1. The van der Waals surface area contributed by atoms with E-state index >= 15 is 0 Å². The number of halogens is 1. The van der Waals surface area contributed by atoms with Crippen molar-refractivity contribution >= 4 is 11.7 Å². The van der Waals surface area contributed by atoms with Crippen LogP contribution in [0.25, 0.3) is 5.69 Å². The molecule has 3 rings (SSSR count). The molecule has 25 heavy (non-hydrogen) atoms. The zero-order valence-corrected chi connectivity index (χ0v) is 14.4. The second kappa shape index (κ2) is 7.23. The molecule has 2 aromatic rings. The lowest BCUT2D eigenvalue weighted by Crippen LogP contribution is -2.51. The van der Waals surface area contributed by atoms with Crippen LogP contribution in [-0.2, 0) is 0 Å². The third-order valence-electron chi connectivity index (χ3n) is 4.90. The highest BCUT2D eigenvalue weighted by Gasteiger charge is 2.31. The van der Waals surface area contributed by atoms with E-state index in [2.05, 4.69) is 10.4 Å². The Kier molecular flexibility index (Phi) is 5.03. The van der Waals surface area contributed by atoms with E-state index in [0.717, 1.165) is 12.8 Å². The van der Waals surface area contributed by atoms with Gasteiger partial charge in [-0.2, -0.15) is 5.10 Å². The van der Waals surface area contributed by atoms with Gasteiger partial charge in [0.25, 0.3) is 0 Å². The van der Waals surface area contributed by atoms with Crippen molar-refractivity contribution in [3.63, 3.8) is 0 Å². The number of aliphatic hydroxyl groups excluding tert-OH is 1. The normalized spacial score (nSPS) is 20.6. The average Bonchev–Trinajstić information content (AvgIpc) is 2.95. The van der Waals surface area contributed by atoms with Crippen molar-refractivity contribution in [1.29, 1.82) is 0 Å². The molecule has 1 aromatic carbocycles. The van der Waals surface area contributed by atoms with Gasteiger partial charge in [-0.05, 0) is 37.8 Å². The van der Waals surface area contributed by atoms with Crippen LogP contribution in [0.3, 0.4) is 0 Å². The van der Waals surface area contributed by atoms with Gasteiger partial charge in [0.1, 0.15) is 11.5 Å². The Hall–Kier alpha value is -2.41. The van der Waals surface area contributed by atoms with Gasteiger partial charge in [-0.1, -0.05) is 19.1 Å². The fourth-order valence-corrected chi connectivity index (χ4v) is 3.37. The third-order valence-corrected chi connectivity index (χ3v) is 4.90. The predicted octanol–water partition coefficient (Wildman–Crippen LogP) is 2.94. The molecule has 0 bridgehead atoms. The maximum Gasteiger partial charge on any atom is 0.322 e. The van der Waals surface area contributed by atoms with Gasteiger partial charge in [0.05, 0.1) is 30.2 Å². The summed E-state index contributed by atoms with van der Waals surface area (Å²) in [5, 5.41) is 16.6. The Bertz CT molecular complexity index is 761.